The Bertz CT molecular complexity index is 512. The molecule has 0 bridgehead atoms. The molecular weight excluding hydrogens is 296 g/mol. The van der Waals surface area contributed by atoms with Gasteiger partial charge in [-0.25, -0.2) is 12.7 Å². The molecule has 1 aromatic carbocycles. The van der Waals surface area contributed by atoms with E-state index in [0.29, 0.717) is 16.8 Å². The van der Waals surface area contributed by atoms with Gasteiger partial charge >= 0.3 is 0 Å². The second kappa shape index (κ2) is 7.29. The van der Waals surface area contributed by atoms with E-state index >= 15 is 0 Å². The highest BCUT2D eigenvalue weighted by atomic mass is 35.5. The molecule has 20 heavy (non-hydrogen) atoms. The lowest BCUT2D eigenvalue weighted by Crippen LogP contribution is -2.32. The van der Waals surface area contributed by atoms with Crippen LogP contribution in [0.4, 0.5) is 5.69 Å². The van der Waals surface area contributed by atoms with Crippen molar-refractivity contribution < 1.29 is 8.42 Å². The van der Waals surface area contributed by atoms with Crippen molar-refractivity contribution in [1.29, 1.82) is 0 Å². The van der Waals surface area contributed by atoms with Gasteiger partial charge in [-0.1, -0.05) is 0 Å². The first-order chi connectivity index (χ1) is 9.30. The summed E-state index contributed by atoms with van der Waals surface area (Å²) >= 11 is 5.75. The largest absolute Gasteiger partial charge is 0.369 e. The minimum atomic E-state index is -3.36. The number of alkyl halides is 1. The van der Waals surface area contributed by atoms with Gasteiger partial charge in [0.2, 0.25) is 10.0 Å². The van der Waals surface area contributed by atoms with Crippen molar-refractivity contribution in [2.75, 3.05) is 31.4 Å². The highest BCUT2D eigenvalue weighted by Gasteiger charge is 2.17. The highest BCUT2D eigenvalue weighted by molar-refractivity contribution is 7.89. The smallest absolute Gasteiger partial charge is 0.242 e. The molecule has 0 fully saturated rings. The first kappa shape index (κ1) is 17.3. The average molecular weight is 319 g/mol. The zero-order chi connectivity index (χ0) is 15.3. The summed E-state index contributed by atoms with van der Waals surface area (Å²) < 4.78 is 25.2. The fourth-order valence-corrected chi connectivity index (χ4v) is 2.96. The Kier molecular flexibility index (Phi) is 6.30. The van der Waals surface area contributed by atoms with Crippen LogP contribution in [0, 0.1) is 0 Å². The summed E-state index contributed by atoms with van der Waals surface area (Å²) in [6, 6.07) is 7.35. The minimum absolute atomic E-state index is 0.312. The number of sulfonamides is 1. The molecule has 0 amide bonds. The summed E-state index contributed by atoms with van der Waals surface area (Å²) in [4.78, 5) is 2.53. The van der Waals surface area contributed by atoms with Crippen LogP contribution in [0.15, 0.2) is 29.2 Å². The van der Waals surface area contributed by atoms with Gasteiger partial charge in [0.1, 0.15) is 0 Å². The Morgan fingerprint density at radius 1 is 1.15 bits per heavy atom. The Hall–Kier alpha value is -0.780. The van der Waals surface area contributed by atoms with Gasteiger partial charge in [-0.2, -0.15) is 0 Å². The molecule has 0 N–H and O–H groups in total. The molecule has 0 saturated heterocycles. The van der Waals surface area contributed by atoms with Gasteiger partial charge in [0.25, 0.3) is 0 Å². The molecule has 1 aromatic rings. The summed E-state index contributed by atoms with van der Waals surface area (Å²) in [6.45, 7) is 5.08. The molecule has 0 aliphatic carbocycles. The molecule has 0 spiro atoms. The predicted octanol–water partition coefficient (Wildman–Crippen LogP) is 2.78. The Morgan fingerprint density at radius 2 is 1.70 bits per heavy atom. The van der Waals surface area contributed by atoms with Gasteiger partial charge in [-0.05, 0) is 44.5 Å². The number of anilines is 1. The second-order valence-corrected chi connectivity index (χ2v) is 7.64. The third kappa shape index (κ3) is 4.11. The van der Waals surface area contributed by atoms with Gasteiger partial charge in [0, 0.05) is 38.2 Å². The maximum Gasteiger partial charge on any atom is 0.242 e. The molecule has 114 valence electrons. The summed E-state index contributed by atoms with van der Waals surface area (Å²) in [6.07, 6.45) is 0.900. The van der Waals surface area contributed by atoms with Crippen molar-refractivity contribution >= 4 is 27.3 Å². The number of hydrogen-bond donors (Lipinski definition) is 0. The topological polar surface area (TPSA) is 40.6 Å². The van der Waals surface area contributed by atoms with Crippen molar-refractivity contribution in [2.45, 2.75) is 31.2 Å². The van der Waals surface area contributed by atoms with Crippen LogP contribution in [0.1, 0.15) is 20.3 Å². The minimum Gasteiger partial charge on any atom is -0.369 e. The normalized spacial score (nSPS) is 12.2. The molecule has 4 nitrogen and oxygen atoms in total. The average Bonchev–Trinajstić information content (AvgIpc) is 2.39. The van der Waals surface area contributed by atoms with Crippen LogP contribution in [-0.2, 0) is 10.0 Å². The first-order valence-corrected chi connectivity index (χ1v) is 8.63. The summed E-state index contributed by atoms with van der Waals surface area (Å²) in [7, 11) is -0.299. The Balaban J connectivity index is 3.00. The third-order valence-electron chi connectivity index (χ3n) is 3.10. The van der Waals surface area contributed by atoms with E-state index < -0.39 is 10.0 Å². The highest BCUT2D eigenvalue weighted by Crippen LogP contribution is 2.21. The van der Waals surface area contributed by atoms with E-state index in [0.717, 1.165) is 18.7 Å². The SMILES string of the molecule is CC(C)N(CCCCl)c1ccc(S(=O)(=O)N(C)C)cc1. The maximum absolute atomic E-state index is 12.0. The fourth-order valence-electron chi connectivity index (χ4n) is 1.94. The lowest BCUT2D eigenvalue weighted by molar-refractivity contribution is 0.520. The van der Waals surface area contributed by atoms with Crippen LogP contribution in [0.3, 0.4) is 0 Å². The van der Waals surface area contributed by atoms with Crippen LogP contribution in [0.25, 0.3) is 0 Å². The lowest BCUT2D eigenvalue weighted by atomic mass is 10.2. The van der Waals surface area contributed by atoms with Crippen LogP contribution >= 0.6 is 11.6 Å². The molecule has 0 saturated carbocycles. The standard InChI is InChI=1S/C14H23ClN2O2S/c1-12(2)17(11-5-10-15)13-6-8-14(9-7-13)20(18,19)16(3)4/h6-9,12H,5,10-11H2,1-4H3. The van der Waals surface area contributed by atoms with E-state index in [4.69, 9.17) is 11.6 Å². The van der Waals surface area contributed by atoms with E-state index in [2.05, 4.69) is 18.7 Å². The van der Waals surface area contributed by atoms with Gasteiger partial charge in [0.05, 0.1) is 4.90 Å². The Morgan fingerprint density at radius 3 is 2.10 bits per heavy atom. The van der Waals surface area contributed by atoms with E-state index in [1.54, 1.807) is 12.1 Å². The molecule has 0 aliphatic heterocycles. The predicted molar refractivity (Wildman–Crippen MR) is 85.1 cm³/mol. The number of rotatable bonds is 7. The van der Waals surface area contributed by atoms with Crippen LogP contribution < -0.4 is 4.90 Å². The number of halogens is 1. The van der Waals surface area contributed by atoms with Crippen molar-refractivity contribution in [1.82, 2.24) is 4.31 Å². The van der Waals surface area contributed by atoms with Crippen LogP contribution in [0.2, 0.25) is 0 Å². The van der Waals surface area contributed by atoms with Crippen molar-refractivity contribution in [3.63, 3.8) is 0 Å². The first-order valence-electron chi connectivity index (χ1n) is 6.66. The van der Waals surface area contributed by atoms with Crippen molar-refractivity contribution in [3.05, 3.63) is 24.3 Å². The quantitative estimate of drug-likeness (QED) is 0.726. The molecule has 0 atom stereocenters. The van der Waals surface area contributed by atoms with E-state index in [-0.39, 0.29) is 0 Å². The number of hydrogen-bond acceptors (Lipinski definition) is 3. The third-order valence-corrected chi connectivity index (χ3v) is 5.20. The summed E-state index contributed by atoms with van der Waals surface area (Å²) in [5.41, 5.74) is 1.02. The second-order valence-electron chi connectivity index (χ2n) is 5.11. The zero-order valence-electron chi connectivity index (χ0n) is 12.5. The van der Waals surface area contributed by atoms with E-state index in [1.807, 2.05) is 12.1 Å². The van der Waals surface area contributed by atoms with Gasteiger partial charge < -0.3 is 4.90 Å². The van der Waals surface area contributed by atoms with Gasteiger partial charge in [0.15, 0.2) is 0 Å². The van der Waals surface area contributed by atoms with E-state index in [1.165, 1.54) is 18.4 Å². The lowest BCUT2D eigenvalue weighted by Gasteiger charge is -2.29. The zero-order valence-corrected chi connectivity index (χ0v) is 14.1. The summed E-state index contributed by atoms with van der Waals surface area (Å²) in [5, 5.41) is 0. The molecular formula is C14H23ClN2O2S. The fraction of sp³-hybridized carbons (Fsp3) is 0.571. The van der Waals surface area contributed by atoms with Gasteiger partial charge in [-0.3, -0.25) is 0 Å². The van der Waals surface area contributed by atoms with Crippen LogP contribution in [0.5, 0.6) is 0 Å². The number of nitrogens with zero attached hydrogens (tertiary/aromatic N) is 2. The molecule has 0 radical (unpaired) electrons. The monoisotopic (exact) mass is 318 g/mol. The van der Waals surface area contributed by atoms with Crippen molar-refractivity contribution in [3.8, 4) is 0 Å². The molecule has 0 heterocycles. The molecule has 0 aromatic heterocycles. The Labute approximate surface area is 127 Å². The maximum atomic E-state index is 12.0. The number of benzene rings is 1. The van der Waals surface area contributed by atoms with Crippen LogP contribution in [-0.4, -0.2) is 45.3 Å². The van der Waals surface area contributed by atoms with Crippen molar-refractivity contribution in [2.24, 2.45) is 0 Å². The molecule has 0 aliphatic rings. The van der Waals surface area contributed by atoms with Gasteiger partial charge in [-0.15, -0.1) is 11.6 Å². The summed E-state index contributed by atoms with van der Waals surface area (Å²) in [5.74, 6) is 0.621. The molecule has 6 heteroatoms. The van der Waals surface area contributed by atoms with E-state index in [9.17, 15) is 8.42 Å². The molecule has 1 rings (SSSR count). The molecule has 0 unspecified atom stereocenters.